The first-order chi connectivity index (χ1) is 10.1. The molecule has 0 radical (unpaired) electrons. The molecule has 1 aromatic heterocycles. The van der Waals surface area contributed by atoms with Crippen molar-refractivity contribution >= 4 is 11.6 Å². The van der Waals surface area contributed by atoms with Crippen LogP contribution in [0.25, 0.3) is 0 Å². The molecule has 1 heterocycles. The van der Waals surface area contributed by atoms with Gasteiger partial charge in [0.05, 0.1) is 11.9 Å². The molecule has 2 aliphatic rings. The Labute approximate surface area is 125 Å². The molecule has 0 unspecified atom stereocenters. The van der Waals surface area contributed by atoms with Crippen molar-refractivity contribution in [1.82, 2.24) is 15.3 Å². The third-order valence-electron chi connectivity index (χ3n) is 4.37. The summed E-state index contributed by atoms with van der Waals surface area (Å²) in [6.07, 6.45) is 6.71. The number of aromatic nitrogens is 2. The molecule has 0 atom stereocenters. The van der Waals surface area contributed by atoms with Crippen LogP contribution in [0.15, 0.2) is 6.20 Å². The monoisotopic (exact) mass is 288 g/mol. The van der Waals surface area contributed by atoms with Crippen LogP contribution in [0.3, 0.4) is 0 Å². The molecule has 0 spiro atoms. The number of nitrogens with zero attached hydrogens (tertiary/aromatic N) is 2. The van der Waals surface area contributed by atoms with Crippen LogP contribution in [0.1, 0.15) is 61.8 Å². The molecule has 5 nitrogen and oxygen atoms in total. The van der Waals surface area contributed by atoms with Crippen molar-refractivity contribution in [3.8, 4) is 0 Å². The van der Waals surface area contributed by atoms with Crippen LogP contribution in [-0.4, -0.2) is 29.0 Å². The molecule has 2 aliphatic carbocycles. The fraction of sp³-hybridized carbons (Fsp3) is 0.688. The minimum absolute atomic E-state index is 0.0625. The van der Waals surface area contributed by atoms with Crippen molar-refractivity contribution in [2.24, 2.45) is 11.8 Å². The van der Waals surface area contributed by atoms with Crippen LogP contribution in [0, 0.1) is 11.8 Å². The van der Waals surface area contributed by atoms with Crippen LogP contribution < -0.4 is 10.6 Å². The summed E-state index contributed by atoms with van der Waals surface area (Å²) in [4.78, 5) is 21.4. The van der Waals surface area contributed by atoms with Gasteiger partial charge in [-0.2, -0.15) is 0 Å². The lowest BCUT2D eigenvalue weighted by atomic mass is 10.1. The molecule has 1 aromatic rings. The summed E-state index contributed by atoms with van der Waals surface area (Å²) in [6.45, 7) is 4.07. The summed E-state index contributed by atoms with van der Waals surface area (Å²) in [5, 5.41) is 6.25. The molecule has 21 heavy (non-hydrogen) atoms. The Kier molecular flexibility index (Phi) is 3.83. The van der Waals surface area contributed by atoms with Gasteiger partial charge in [0.25, 0.3) is 5.91 Å². The van der Waals surface area contributed by atoms with Crippen molar-refractivity contribution in [2.45, 2.75) is 51.5 Å². The summed E-state index contributed by atoms with van der Waals surface area (Å²) in [7, 11) is 1.80. The number of rotatable bonds is 6. The van der Waals surface area contributed by atoms with Crippen LogP contribution in [0.4, 0.5) is 5.69 Å². The second kappa shape index (κ2) is 5.62. The Hall–Kier alpha value is -1.65. The molecule has 0 aliphatic heterocycles. The maximum absolute atomic E-state index is 12.6. The Morgan fingerprint density at radius 3 is 2.33 bits per heavy atom. The molecule has 0 bridgehead atoms. The van der Waals surface area contributed by atoms with Crippen molar-refractivity contribution in [2.75, 3.05) is 12.4 Å². The molecule has 2 N–H and O–H groups in total. The maximum atomic E-state index is 12.6. The number of hydrogen-bond donors (Lipinski definition) is 2. The average Bonchev–Trinajstić information content (AvgIpc) is 3.37. The first-order valence-corrected chi connectivity index (χ1v) is 7.95. The topological polar surface area (TPSA) is 66.9 Å². The van der Waals surface area contributed by atoms with E-state index in [9.17, 15) is 4.79 Å². The molecule has 3 rings (SSSR count). The van der Waals surface area contributed by atoms with Gasteiger partial charge in [-0.25, -0.2) is 9.97 Å². The standard InChI is InChI=1S/C16H24N4O/c1-9(2)15-18-8-12(17-3)14(19-15)16(21)20-13(10-4-5-10)11-6-7-11/h8-11,13,17H,4-7H2,1-3H3,(H,20,21). The van der Waals surface area contributed by atoms with E-state index in [1.54, 1.807) is 13.2 Å². The van der Waals surface area contributed by atoms with Gasteiger partial charge < -0.3 is 10.6 Å². The number of anilines is 1. The van der Waals surface area contributed by atoms with E-state index in [4.69, 9.17) is 0 Å². The van der Waals surface area contributed by atoms with Crippen molar-refractivity contribution in [1.29, 1.82) is 0 Å². The molecule has 0 aromatic carbocycles. The Balaban J connectivity index is 1.80. The van der Waals surface area contributed by atoms with E-state index in [2.05, 4.69) is 20.6 Å². The van der Waals surface area contributed by atoms with E-state index >= 15 is 0 Å². The van der Waals surface area contributed by atoms with E-state index in [1.165, 1.54) is 25.7 Å². The lowest BCUT2D eigenvalue weighted by Gasteiger charge is -2.18. The van der Waals surface area contributed by atoms with Gasteiger partial charge >= 0.3 is 0 Å². The van der Waals surface area contributed by atoms with Crippen LogP contribution in [0.2, 0.25) is 0 Å². The summed E-state index contributed by atoms with van der Waals surface area (Å²) < 4.78 is 0. The highest BCUT2D eigenvalue weighted by Crippen LogP contribution is 2.44. The minimum atomic E-state index is -0.0625. The van der Waals surface area contributed by atoms with Crippen LogP contribution in [0.5, 0.6) is 0 Å². The molecule has 5 heteroatoms. The normalized spacial score (nSPS) is 18.1. The third kappa shape index (κ3) is 3.17. The molecule has 2 saturated carbocycles. The molecule has 0 saturated heterocycles. The van der Waals surface area contributed by atoms with Gasteiger partial charge in [-0.3, -0.25) is 4.79 Å². The first-order valence-electron chi connectivity index (χ1n) is 7.95. The predicted molar refractivity (Wildman–Crippen MR) is 82.4 cm³/mol. The molecule has 2 fully saturated rings. The van der Waals surface area contributed by atoms with Gasteiger partial charge in [0, 0.05) is 19.0 Å². The van der Waals surface area contributed by atoms with Crippen molar-refractivity contribution < 1.29 is 4.79 Å². The number of nitrogens with one attached hydrogen (secondary N) is 2. The Morgan fingerprint density at radius 1 is 1.24 bits per heavy atom. The van der Waals surface area contributed by atoms with Crippen LogP contribution in [-0.2, 0) is 0 Å². The van der Waals surface area contributed by atoms with Crippen molar-refractivity contribution in [3.63, 3.8) is 0 Å². The van der Waals surface area contributed by atoms with E-state index in [0.29, 0.717) is 35.1 Å². The van der Waals surface area contributed by atoms with E-state index in [0.717, 1.165) is 0 Å². The number of amides is 1. The zero-order chi connectivity index (χ0) is 15.0. The fourth-order valence-electron chi connectivity index (χ4n) is 2.78. The molecular weight excluding hydrogens is 264 g/mol. The summed E-state index contributed by atoms with van der Waals surface area (Å²) in [6, 6.07) is 0.347. The number of carbonyl (C=O) groups is 1. The van der Waals surface area contributed by atoms with E-state index in [1.807, 2.05) is 13.8 Å². The summed E-state index contributed by atoms with van der Waals surface area (Å²) in [5.74, 6) is 2.24. The lowest BCUT2D eigenvalue weighted by molar-refractivity contribution is 0.0921. The summed E-state index contributed by atoms with van der Waals surface area (Å²) >= 11 is 0. The van der Waals surface area contributed by atoms with E-state index < -0.39 is 0 Å². The van der Waals surface area contributed by atoms with Gasteiger partial charge in [-0.05, 0) is 37.5 Å². The number of hydrogen-bond acceptors (Lipinski definition) is 4. The van der Waals surface area contributed by atoms with E-state index in [-0.39, 0.29) is 11.8 Å². The smallest absolute Gasteiger partial charge is 0.272 e. The molecular formula is C16H24N4O. The molecule has 114 valence electrons. The molecule has 1 amide bonds. The zero-order valence-electron chi connectivity index (χ0n) is 13.0. The SMILES string of the molecule is CNc1cnc(C(C)C)nc1C(=O)NC(C1CC1)C1CC1. The van der Waals surface area contributed by atoms with Crippen molar-refractivity contribution in [3.05, 3.63) is 17.7 Å². The summed E-state index contributed by atoms with van der Waals surface area (Å²) in [5.41, 5.74) is 1.17. The largest absolute Gasteiger partial charge is 0.385 e. The number of carbonyl (C=O) groups excluding carboxylic acids is 1. The second-order valence-electron chi connectivity index (χ2n) is 6.57. The Morgan fingerprint density at radius 2 is 1.86 bits per heavy atom. The van der Waals surface area contributed by atoms with Gasteiger partial charge in [-0.1, -0.05) is 13.8 Å². The third-order valence-corrected chi connectivity index (χ3v) is 4.37. The predicted octanol–water partition coefficient (Wildman–Crippen LogP) is 2.56. The van der Waals surface area contributed by atoms with Gasteiger partial charge in [0.15, 0.2) is 5.69 Å². The highest BCUT2D eigenvalue weighted by atomic mass is 16.2. The highest BCUT2D eigenvalue weighted by Gasteiger charge is 2.42. The highest BCUT2D eigenvalue weighted by molar-refractivity contribution is 5.97. The second-order valence-corrected chi connectivity index (χ2v) is 6.57. The fourth-order valence-corrected chi connectivity index (χ4v) is 2.78. The average molecular weight is 288 g/mol. The quantitative estimate of drug-likeness (QED) is 0.844. The van der Waals surface area contributed by atoms with Gasteiger partial charge in [-0.15, -0.1) is 0 Å². The van der Waals surface area contributed by atoms with Gasteiger partial charge in [0.2, 0.25) is 0 Å². The maximum Gasteiger partial charge on any atom is 0.272 e. The van der Waals surface area contributed by atoms with Crippen LogP contribution >= 0.6 is 0 Å². The Bertz CT molecular complexity index is 523. The minimum Gasteiger partial charge on any atom is -0.385 e. The first kappa shape index (κ1) is 14.3. The zero-order valence-corrected chi connectivity index (χ0v) is 13.0. The lowest BCUT2D eigenvalue weighted by Crippen LogP contribution is -2.39. The van der Waals surface area contributed by atoms with Gasteiger partial charge in [0.1, 0.15) is 5.82 Å².